The van der Waals surface area contributed by atoms with E-state index in [1.54, 1.807) is 0 Å². The van der Waals surface area contributed by atoms with Crippen molar-refractivity contribution >= 4 is 22.4 Å². The van der Waals surface area contributed by atoms with Gasteiger partial charge in [0.15, 0.2) is 0 Å². The summed E-state index contributed by atoms with van der Waals surface area (Å²) in [7, 11) is 4.13. The SMILES string of the molecule is CC1=Cc2ccccc2C1C([Si])C1C(C)=Cc2ccccc21. The Kier molecular flexibility index (Phi) is 3.19. The van der Waals surface area contributed by atoms with Crippen LogP contribution in [0.15, 0.2) is 59.7 Å². The molecule has 2 aromatic rings. The molecule has 2 aliphatic carbocycles. The quantitative estimate of drug-likeness (QED) is 0.656. The average molecular weight is 299 g/mol. The zero-order chi connectivity index (χ0) is 15.3. The molecule has 0 spiro atoms. The zero-order valence-electron chi connectivity index (χ0n) is 13.0. The molecule has 0 saturated heterocycles. The van der Waals surface area contributed by atoms with Crippen molar-refractivity contribution in [1.82, 2.24) is 0 Å². The minimum atomic E-state index is 0.389. The molecule has 2 aliphatic rings. The Morgan fingerprint density at radius 3 is 1.59 bits per heavy atom. The first-order valence-electron chi connectivity index (χ1n) is 7.92. The molecule has 0 fully saturated rings. The second-order valence-corrected chi connectivity index (χ2v) is 7.18. The van der Waals surface area contributed by atoms with Crippen LogP contribution in [0, 0.1) is 0 Å². The number of benzene rings is 2. The molecule has 2 atom stereocenters. The van der Waals surface area contributed by atoms with Gasteiger partial charge in [-0.25, -0.2) is 0 Å². The van der Waals surface area contributed by atoms with Crippen LogP contribution in [0.2, 0.25) is 5.54 Å². The third kappa shape index (κ3) is 1.96. The number of fused-ring (bicyclic) bond motifs is 2. The second kappa shape index (κ2) is 5.10. The van der Waals surface area contributed by atoms with Crippen LogP contribution in [-0.2, 0) is 0 Å². The van der Waals surface area contributed by atoms with Crippen LogP contribution in [0.5, 0.6) is 0 Å². The number of rotatable bonds is 2. The predicted octanol–water partition coefficient (Wildman–Crippen LogP) is 5.34. The summed E-state index contributed by atoms with van der Waals surface area (Å²) in [6, 6.07) is 17.6. The van der Waals surface area contributed by atoms with Gasteiger partial charge in [-0.1, -0.05) is 71.8 Å². The largest absolute Gasteiger partial charge is 0.0652 e. The molecule has 0 N–H and O–H groups in total. The molecule has 2 aromatic carbocycles. The first kappa shape index (κ1) is 13.8. The number of allylic oxidation sites excluding steroid dienone is 2. The van der Waals surface area contributed by atoms with E-state index in [0.29, 0.717) is 17.4 Å². The van der Waals surface area contributed by atoms with Gasteiger partial charge >= 0.3 is 0 Å². The van der Waals surface area contributed by atoms with E-state index in [2.05, 4.69) is 84.8 Å². The molecule has 2 unspecified atom stereocenters. The van der Waals surface area contributed by atoms with Gasteiger partial charge in [-0.3, -0.25) is 0 Å². The van der Waals surface area contributed by atoms with Crippen LogP contribution in [0.3, 0.4) is 0 Å². The van der Waals surface area contributed by atoms with Crippen molar-refractivity contribution in [3.05, 3.63) is 81.9 Å². The first-order valence-corrected chi connectivity index (χ1v) is 8.50. The van der Waals surface area contributed by atoms with Crippen LogP contribution < -0.4 is 0 Å². The lowest BCUT2D eigenvalue weighted by atomic mass is 9.81. The molecule has 0 heterocycles. The van der Waals surface area contributed by atoms with Gasteiger partial charge in [-0.05, 0) is 41.6 Å². The van der Waals surface area contributed by atoms with Gasteiger partial charge in [-0.2, -0.15) is 0 Å². The topological polar surface area (TPSA) is 0 Å². The maximum atomic E-state index is 4.13. The highest BCUT2D eigenvalue weighted by Gasteiger charge is 2.36. The van der Waals surface area contributed by atoms with Gasteiger partial charge in [0.2, 0.25) is 0 Å². The van der Waals surface area contributed by atoms with Crippen molar-refractivity contribution in [3.63, 3.8) is 0 Å². The summed E-state index contributed by atoms with van der Waals surface area (Å²) in [5, 5.41) is 0. The number of hydrogen-bond acceptors (Lipinski definition) is 0. The van der Waals surface area contributed by atoms with Crippen LogP contribution in [0.4, 0.5) is 0 Å². The minimum Gasteiger partial charge on any atom is -0.0652 e. The van der Waals surface area contributed by atoms with E-state index in [4.69, 9.17) is 0 Å². The molecule has 1 heteroatoms. The third-order valence-electron chi connectivity index (χ3n) is 5.13. The van der Waals surface area contributed by atoms with E-state index in [-0.39, 0.29) is 0 Å². The van der Waals surface area contributed by atoms with Crippen molar-refractivity contribution in [2.24, 2.45) is 0 Å². The van der Waals surface area contributed by atoms with E-state index in [9.17, 15) is 0 Å². The van der Waals surface area contributed by atoms with Crippen molar-refractivity contribution in [1.29, 1.82) is 0 Å². The normalized spacial score (nSPS) is 23.6. The fourth-order valence-electron chi connectivity index (χ4n) is 4.16. The molecule has 0 saturated carbocycles. The zero-order valence-corrected chi connectivity index (χ0v) is 14.0. The Morgan fingerprint density at radius 2 is 1.14 bits per heavy atom. The monoisotopic (exact) mass is 299 g/mol. The molecule has 4 rings (SSSR count). The molecule has 0 bridgehead atoms. The summed E-state index contributed by atoms with van der Waals surface area (Å²) in [6.07, 6.45) is 4.68. The lowest BCUT2D eigenvalue weighted by Crippen LogP contribution is -2.15. The van der Waals surface area contributed by atoms with Gasteiger partial charge in [-0.15, -0.1) is 0 Å². The maximum Gasteiger partial charge on any atom is 0.0291 e. The van der Waals surface area contributed by atoms with Gasteiger partial charge in [0.25, 0.3) is 0 Å². The molecule has 0 aromatic heterocycles. The molecule has 0 nitrogen and oxygen atoms in total. The molecule has 0 aliphatic heterocycles. The summed E-state index contributed by atoms with van der Waals surface area (Å²) in [5.74, 6) is 0.903. The van der Waals surface area contributed by atoms with Crippen LogP contribution in [0.1, 0.15) is 47.9 Å². The Hall–Kier alpha value is -1.86. The van der Waals surface area contributed by atoms with E-state index in [1.165, 1.54) is 33.4 Å². The van der Waals surface area contributed by atoms with E-state index in [1.807, 2.05) is 0 Å². The Labute approximate surface area is 136 Å². The Morgan fingerprint density at radius 1 is 0.727 bits per heavy atom. The Balaban J connectivity index is 1.76. The van der Waals surface area contributed by atoms with Crippen LogP contribution >= 0.6 is 0 Å². The van der Waals surface area contributed by atoms with Gasteiger partial charge in [0.1, 0.15) is 0 Å². The standard InChI is InChI=1S/C21H19Si/c1-13-11-15-7-3-5-9-17(15)19(13)21(22)20-14(2)12-16-8-4-6-10-18(16)20/h3-12,19-21H,1-2H3. The molecular weight excluding hydrogens is 280 g/mol. The summed E-state index contributed by atoms with van der Waals surface area (Å²) < 4.78 is 0. The first-order chi connectivity index (χ1) is 10.7. The highest BCUT2D eigenvalue weighted by Crippen LogP contribution is 2.52. The van der Waals surface area contributed by atoms with E-state index in [0.717, 1.165) is 0 Å². The van der Waals surface area contributed by atoms with Gasteiger partial charge in [0, 0.05) is 22.1 Å². The third-order valence-corrected chi connectivity index (χ3v) is 5.79. The molecule has 0 amide bonds. The van der Waals surface area contributed by atoms with Crippen molar-refractivity contribution in [2.45, 2.75) is 31.2 Å². The summed E-state index contributed by atoms with van der Waals surface area (Å²) in [5.41, 5.74) is 8.97. The van der Waals surface area contributed by atoms with Gasteiger partial charge in [0.05, 0.1) is 0 Å². The van der Waals surface area contributed by atoms with Crippen molar-refractivity contribution in [3.8, 4) is 0 Å². The van der Waals surface area contributed by atoms with Gasteiger partial charge < -0.3 is 0 Å². The molecule has 107 valence electrons. The average Bonchev–Trinajstić information content (AvgIpc) is 3.01. The number of hydrogen-bond donors (Lipinski definition) is 0. The molecule has 3 radical (unpaired) electrons. The molecule has 22 heavy (non-hydrogen) atoms. The minimum absolute atomic E-state index is 0.389. The second-order valence-electron chi connectivity index (χ2n) is 6.52. The summed E-state index contributed by atoms with van der Waals surface area (Å²) in [4.78, 5) is 0. The van der Waals surface area contributed by atoms with Crippen LogP contribution in [0.25, 0.3) is 12.2 Å². The highest BCUT2D eigenvalue weighted by atomic mass is 28.1. The fourth-order valence-corrected chi connectivity index (χ4v) is 5.04. The lowest BCUT2D eigenvalue weighted by Gasteiger charge is -2.30. The van der Waals surface area contributed by atoms with E-state index >= 15 is 0 Å². The maximum absolute atomic E-state index is 4.13. The van der Waals surface area contributed by atoms with Crippen LogP contribution in [-0.4, -0.2) is 10.2 Å². The molecular formula is C21H19Si. The van der Waals surface area contributed by atoms with Crippen molar-refractivity contribution < 1.29 is 0 Å². The van der Waals surface area contributed by atoms with E-state index < -0.39 is 0 Å². The summed E-state index contributed by atoms with van der Waals surface area (Å²) >= 11 is 0. The predicted molar refractivity (Wildman–Crippen MR) is 95.2 cm³/mol. The highest BCUT2D eigenvalue weighted by molar-refractivity contribution is 6.14. The fraction of sp³-hybridized carbons (Fsp3) is 0.238. The summed E-state index contributed by atoms with van der Waals surface area (Å²) in [6.45, 7) is 4.52. The van der Waals surface area contributed by atoms with Crippen molar-refractivity contribution in [2.75, 3.05) is 0 Å². The smallest absolute Gasteiger partial charge is 0.0291 e. The Bertz CT molecular complexity index is 730. The lowest BCUT2D eigenvalue weighted by molar-refractivity contribution is 0.641.